The van der Waals surface area contributed by atoms with Crippen molar-refractivity contribution in [2.45, 2.75) is 0 Å². The molecule has 1 N–H and O–H groups in total. The lowest BCUT2D eigenvalue weighted by Gasteiger charge is -2.18. The van der Waals surface area contributed by atoms with E-state index in [0.717, 1.165) is 0 Å². The fourth-order valence-electron chi connectivity index (χ4n) is 4.06. The average molecular weight is 408 g/mol. The van der Waals surface area contributed by atoms with E-state index in [1.165, 1.54) is 4.40 Å². The van der Waals surface area contributed by atoms with Gasteiger partial charge in [0.1, 0.15) is 5.65 Å². The van der Waals surface area contributed by atoms with Gasteiger partial charge in [0.25, 0.3) is 17.4 Å². The molecule has 0 radical (unpaired) electrons. The largest absolute Gasteiger partial charge is 0.288 e. The Balaban J connectivity index is 1.95. The summed E-state index contributed by atoms with van der Waals surface area (Å²) in [7, 11) is 0. The van der Waals surface area contributed by atoms with Crippen molar-refractivity contribution in [3.63, 3.8) is 0 Å². The van der Waals surface area contributed by atoms with Crippen molar-refractivity contribution in [2.75, 3.05) is 0 Å². The highest BCUT2D eigenvalue weighted by Crippen LogP contribution is 2.36. The van der Waals surface area contributed by atoms with E-state index in [9.17, 15) is 14.4 Å². The molecule has 5 aromatic rings. The second-order valence-corrected chi connectivity index (χ2v) is 7.50. The predicted octanol–water partition coefficient (Wildman–Crippen LogP) is 3.78. The SMILES string of the molecule is O=C1NC(=O)c2ccc3c4c2c1ccc4c(=O)n1c2cc(Cl)c(Cl)cc2nc31. The molecule has 3 heterocycles. The molecular weight excluding hydrogens is 401 g/mol. The number of benzene rings is 3. The molecule has 1 aliphatic heterocycles. The number of rotatable bonds is 0. The van der Waals surface area contributed by atoms with Crippen LogP contribution in [0.3, 0.4) is 0 Å². The molecule has 0 aliphatic carbocycles. The van der Waals surface area contributed by atoms with Crippen LogP contribution in [0.1, 0.15) is 20.7 Å². The molecule has 134 valence electrons. The summed E-state index contributed by atoms with van der Waals surface area (Å²) in [6.07, 6.45) is 0. The quantitative estimate of drug-likeness (QED) is 0.396. The fourth-order valence-corrected chi connectivity index (χ4v) is 4.37. The molecule has 6 nitrogen and oxygen atoms in total. The monoisotopic (exact) mass is 407 g/mol. The van der Waals surface area contributed by atoms with Gasteiger partial charge in [0.15, 0.2) is 0 Å². The number of amides is 2. The summed E-state index contributed by atoms with van der Waals surface area (Å²) in [4.78, 5) is 42.5. The van der Waals surface area contributed by atoms with E-state index in [-0.39, 0.29) is 5.56 Å². The molecule has 2 aromatic heterocycles. The Morgan fingerprint density at radius 2 is 1.46 bits per heavy atom. The highest BCUT2D eigenvalue weighted by atomic mass is 35.5. The summed E-state index contributed by atoms with van der Waals surface area (Å²) in [5, 5.41) is 5.09. The third-order valence-corrected chi connectivity index (χ3v) is 5.97. The number of carbonyl (C=O) groups excluding carboxylic acids is 2. The van der Waals surface area contributed by atoms with Crippen LogP contribution >= 0.6 is 23.2 Å². The first-order valence-electron chi connectivity index (χ1n) is 8.33. The van der Waals surface area contributed by atoms with Crippen LogP contribution in [0.25, 0.3) is 38.2 Å². The van der Waals surface area contributed by atoms with Crippen LogP contribution in [-0.4, -0.2) is 21.2 Å². The zero-order valence-corrected chi connectivity index (χ0v) is 15.4. The molecule has 2 amide bonds. The number of imidazole rings is 1. The number of nitrogens with one attached hydrogen (secondary N) is 1. The molecule has 0 spiro atoms. The van der Waals surface area contributed by atoms with Crippen molar-refractivity contribution in [3.8, 4) is 0 Å². The predicted molar refractivity (Wildman–Crippen MR) is 107 cm³/mol. The van der Waals surface area contributed by atoms with Crippen LogP contribution in [0.5, 0.6) is 0 Å². The highest BCUT2D eigenvalue weighted by molar-refractivity contribution is 6.42. The molecule has 3 aromatic carbocycles. The highest BCUT2D eigenvalue weighted by Gasteiger charge is 2.28. The Bertz CT molecular complexity index is 1600. The number of halogens is 2. The van der Waals surface area contributed by atoms with Gasteiger partial charge in [-0.2, -0.15) is 0 Å². The lowest BCUT2D eigenvalue weighted by molar-refractivity contribution is 0.0845. The maximum absolute atomic E-state index is 13.3. The summed E-state index contributed by atoms with van der Waals surface area (Å²) >= 11 is 12.3. The van der Waals surface area contributed by atoms with Gasteiger partial charge in [-0.1, -0.05) is 23.2 Å². The van der Waals surface area contributed by atoms with Gasteiger partial charge < -0.3 is 0 Å². The van der Waals surface area contributed by atoms with Crippen molar-refractivity contribution >= 4 is 73.2 Å². The van der Waals surface area contributed by atoms with Gasteiger partial charge in [0.2, 0.25) is 0 Å². The normalized spacial score (nSPS) is 13.9. The summed E-state index contributed by atoms with van der Waals surface area (Å²) < 4.78 is 1.49. The van der Waals surface area contributed by atoms with Crippen LogP contribution in [0.4, 0.5) is 0 Å². The Hall–Kier alpha value is -3.22. The van der Waals surface area contributed by atoms with E-state index in [0.29, 0.717) is 59.4 Å². The second-order valence-electron chi connectivity index (χ2n) is 6.69. The van der Waals surface area contributed by atoms with Crippen molar-refractivity contribution in [3.05, 3.63) is 67.9 Å². The van der Waals surface area contributed by atoms with Crippen LogP contribution < -0.4 is 10.9 Å². The van der Waals surface area contributed by atoms with Gasteiger partial charge >= 0.3 is 0 Å². The number of imide groups is 1. The maximum Gasteiger partial charge on any atom is 0.264 e. The van der Waals surface area contributed by atoms with E-state index in [4.69, 9.17) is 23.2 Å². The van der Waals surface area contributed by atoms with Crippen molar-refractivity contribution in [2.24, 2.45) is 0 Å². The summed E-state index contributed by atoms with van der Waals surface area (Å²) in [6, 6.07) is 9.78. The minimum absolute atomic E-state index is 0.300. The van der Waals surface area contributed by atoms with Gasteiger partial charge in [-0.25, -0.2) is 4.98 Å². The minimum atomic E-state index is -0.480. The van der Waals surface area contributed by atoms with E-state index in [1.807, 2.05) is 0 Å². The Labute approximate surface area is 165 Å². The zero-order valence-electron chi connectivity index (χ0n) is 13.8. The molecule has 0 bridgehead atoms. The Kier molecular flexibility index (Phi) is 2.81. The molecule has 0 fully saturated rings. The summed E-state index contributed by atoms with van der Waals surface area (Å²) in [5.41, 5.74) is 1.92. The van der Waals surface area contributed by atoms with Gasteiger partial charge in [0, 0.05) is 32.7 Å². The standard InChI is InChI=1S/C20H7Cl2N3O3/c21-11-5-13-14(6-12(11)22)25-17(23-13)7-1-2-8-16-9(19(27)24-18(8)26)3-4-10(15(7)16)20(25)28/h1-6H,(H,24,26,27). The van der Waals surface area contributed by atoms with E-state index in [2.05, 4.69) is 10.3 Å². The van der Waals surface area contributed by atoms with Crippen molar-refractivity contribution < 1.29 is 9.59 Å². The Morgan fingerprint density at radius 1 is 0.821 bits per heavy atom. The summed E-state index contributed by atoms with van der Waals surface area (Å²) in [6.45, 7) is 0. The van der Waals surface area contributed by atoms with E-state index in [1.54, 1.807) is 36.4 Å². The molecule has 0 unspecified atom stereocenters. The lowest BCUT2D eigenvalue weighted by Crippen LogP contribution is -2.34. The number of hydrogen-bond donors (Lipinski definition) is 1. The molecular formula is C20H7Cl2N3O3. The maximum atomic E-state index is 13.3. The van der Waals surface area contributed by atoms with Crippen molar-refractivity contribution in [1.82, 2.24) is 14.7 Å². The van der Waals surface area contributed by atoms with Crippen LogP contribution in [0.15, 0.2) is 41.2 Å². The van der Waals surface area contributed by atoms with Crippen LogP contribution in [-0.2, 0) is 0 Å². The number of carbonyl (C=O) groups is 2. The number of aromatic nitrogens is 2. The van der Waals surface area contributed by atoms with E-state index < -0.39 is 11.8 Å². The minimum Gasteiger partial charge on any atom is -0.288 e. The second kappa shape index (κ2) is 4.98. The van der Waals surface area contributed by atoms with Crippen LogP contribution in [0, 0.1) is 0 Å². The third-order valence-electron chi connectivity index (χ3n) is 5.25. The topological polar surface area (TPSA) is 80.5 Å². The number of pyridine rings is 1. The molecule has 0 saturated carbocycles. The molecule has 8 heteroatoms. The van der Waals surface area contributed by atoms with Gasteiger partial charge in [-0.05, 0) is 36.4 Å². The van der Waals surface area contributed by atoms with Gasteiger partial charge in [0.05, 0.1) is 21.1 Å². The third kappa shape index (κ3) is 1.74. The molecule has 0 atom stereocenters. The van der Waals surface area contributed by atoms with Crippen molar-refractivity contribution in [1.29, 1.82) is 0 Å². The Morgan fingerprint density at radius 3 is 2.18 bits per heavy atom. The molecule has 1 aliphatic rings. The van der Waals surface area contributed by atoms with Gasteiger partial charge in [-0.15, -0.1) is 0 Å². The molecule has 0 saturated heterocycles. The first-order chi connectivity index (χ1) is 13.5. The molecule has 28 heavy (non-hydrogen) atoms. The smallest absolute Gasteiger partial charge is 0.264 e. The lowest BCUT2D eigenvalue weighted by atomic mass is 9.91. The zero-order chi connectivity index (χ0) is 19.3. The summed E-state index contributed by atoms with van der Waals surface area (Å²) in [5.74, 6) is -0.961. The first-order valence-corrected chi connectivity index (χ1v) is 9.09. The average Bonchev–Trinajstić information content (AvgIpc) is 3.03. The first kappa shape index (κ1) is 15.8. The number of nitrogens with zero attached hydrogens (tertiary/aromatic N) is 2. The fraction of sp³-hybridized carbons (Fsp3) is 0. The van der Waals surface area contributed by atoms with E-state index >= 15 is 0 Å². The van der Waals surface area contributed by atoms with Crippen LogP contribution in [0.2, 0.25) is 10.0 Å². The van der Waals surface area contributed by atoms with Gasteiger partial charge in [-0.3, -0.25) is 24.1 Å². The molecule has 6 rings (SSSR count). The number of fused-ring (bicyclic) bond motifs is 4. The number of hydrogen-bond acceptors (Lipinski definition) is 4.